The van der Waals surface area contributed by atoms with Gasteiger partial charge in [-0.05, 0) is 44.5 Å². The van der Waals surface area contributed by atoms with Gasteiger partial charge in [-0.1, -0.05) is 6.07 Å². The number of hydrogen-bond acceptors (Lipinski definition) is 2. The second-order valence-corrected chi connectivity index (χ2v) is 5.73. The van der Waals surface area contributed by atoms with Crippen LogP contribution < -0.4 is 5.32 Å². The summed E-state index contributed by atoms with van der Waals surface area (Å²) < 4.78 is 15.5. The van der Waals surface area contributed by atoms with Gasteiger partial charge >= 0.3 is 0 Å². The van der Waals surface area contributed by atoms with Gasteiger partial charge in [-0.2, -0.15) is 5.10 Å². The van der Waals surface area contributed by atoms with E-state index in [1.54, 1.807) is 10.9 Å². The zero-order valence-corrected chi connectivity index (χ0v) is 11.7. The van der Waals surface area contributed by atoms with Gasteiger partial charge in [-0.25, -0.2) is 4.39 Å². The molecule has 102 valence electrons. The lowest BCUT2D eigenvalue weighted by molar-refractivity contribution is 0.424. The van der Waals surface area contributed by atoms with E-state index in [1.165, 1.54) is 6.07 Å². The van der Waals surface area contributed by atoms with Gasteiger partial charge in [0, 0.05) is 30.0 Å². The summed E-state index contributed by atoms with van der Waals surface area (Å²) in [7, 11) is 0. The van der Waals surface area contributed by atoms with Crippen molar-refractivity contribution in [1.29, 1.82) is 0 Å². The average molecular weight is 261 g/mol. The predicted octanol–water partition coefficient (Wildman–Crippen LogP) is 2.96. The van der Waals surface area contributed by atoms with Crippen LogP contribution in [0.5, 0.6) is 0 Å². The minimum Gasteiger partial charge on any atom is -0.308 e. The van der Waals surface area contributed by atoms with Crippen molar-refractivity contribution in [1.82, 2.24) is 15.1 Å². The van der Waals surface area contributed by atoms with E-state index < -0.39 is 0 Å². The molecule has 0 saturated carbocycles. The molecule has 0 fully saturated rings. The third-order valence-corrected chi connectivity index (χ3v) is 2.82. The van der Waals surface area contributed by atoms with E-state index in [0.717, 1.165) is 12.1 Å². The first kappa shape index (κ1) is 13.7. The van der Waals surface area contributed by atoms with Crippen LogP contribution in [-0.2, 0) is 13.1 Å². The molecule has 19 heavy (non-hydrogen) atoms. The lowest BCUT2D eigenvalue weighted by atomic mass is 10.1. The number of halogens is 1. The van der Waals surface area contributed by atoms with E-state index in [1.807, 2.05) is 24.4 Å². The molecule has 0 aliphatic rings. The van der Waals surface area contributed by atoms with Crippen molar-refractivity contribution in [3.8, 4) is 0 Å². The van der Waals surface area contributed by atoms with Crippen molar-refractivity contribution in [3.63, 3.8) is 0 Å². The Morgan fingerprint density at radius 1 is 1.32 bits per heavy atom. The summed E-state index contributed by atoms with van der Waals surface area (Å²) in [6.45, 7) is 7.53. The van der Waals surface area contributed by atoms with Crippen molar-refractivity contribution in [3.05, 3.63) is 53.6 Å². The molecule has 0 atom stereocenters. The molecule has 1 aromatic carbocycles. The molecule has 0 aliphatic heterocycles. The maximum absolute atomic E-state index is 13.8. The van der Waals surface area contributed by atoms with Crippen LogP contribution in [0.3, 0.4) is 0 Å². The van der Waals surface area contributed by atoms with E-state index in [0.29, 0.717) is 12.1 Å². The highest BCUT2D eigenvalue weighted by molar-refractivity contribution is 5.25. The summed E-state index contributed by atoms with van der Waals surface area (Å²) in [6.07, 6.45) is 3.53. The number of rotatable bonds is 4. The Morgan fingerprint density at radius 3 is 2.74 bits per heavy atom. The van der Waals surface area contributed by atoms with Gasteiger partial charge in [-0.3, -0.25) is 4.68 Å². The molecule has 2 aromatic rings. The summed E-state index contributed by atoms with van der Waals surface area (Å²) >= 11 is 0. The molecule has 0 aliphatic carbocycles. The molecule has 2 rings (SSSR count). The zero-order valence-electron chi connectivity index (χ0n) is 11.7. The molecule has 4 heteroatoms. The lowest BCUT2D eigenvalue weighted by Gasteiger charge is -2.20. The molecule has 1 aromatic heterocycles. The lowest BCUT2D eigenvalue weighted by Crippen LogP contribution is -2.35. The Morgan fingerprint density at radius 2 is 2.11 bits per heavy atom. The maximum Gasteiger partial charge on any atom is 0.128 e. The van der Waals surface area contributed by atoms with E-state index in [-0.39, 0.29) is 11.4 Å². The Bertz CT molecular complexity index is 527. The fourth-order valence-electron chi connectivity index (χ4n) is 1.79. The quantitative estimate of drug-likeness (QED) is 0.917. The fourth-order valence-corrected chi connectivity index (χ4v) is 1.79. The fraction of sp³-hybridized carbons (Fsp3) is 0.400. The Kier molecular flexibility index (Phi) is 4.00. The van der Waals surface area contributed by atoms with E-state index in [4.69, 9.17) is 0 Å². The number of nitrogens with one attached hydrogen (secondary N) is 1. The van der Waals surface area contributed by atoms with Gasteiger partial charge in [0.15, 0.2) is 0 Å². The largest absolute Gasteiger partial charge is 0.308 e. The third-order valence-electron chi connectivity index (χ3n) is 2.82. The molecule has 1 N–H and O–H groups in total. The monoisotopic (exact) mass is 261 g/mol. The first-order valence-electron chi connectivity index (χ1n) is 6.44. The van der Waals surface area contributed by atoms with Crippen LogP contribution in [0.1, 0.15) is 31.9 Å². The van der Waals surface area contributed by atoms with Crippen molar-refractivity contribution in [2.75, 3.05) is 0 Å². The topological polar surface area (TPSA) is 29.9 Å². The van der Waals surface area contributed by atoms with Crippen LogP contribution in [0.2, 0.25) is 0 Å². The average Bonchev–Trinajstić information content (AvgIpc) is 2.82. The minimum absolute atomic E-state index is 0.0521. The van der Waals surface area contributed by atoms with Crippen LogP contribution in [0.25, 0.3) is 0 Å². The third kappa shape index (κ3) is 4.17. The van der Waals surface area contributed by atoms with Crippen LogP contribution in [0.4, 0.5) is 4.39 Å². The van der Waals surface area contributed by atoms with Gasteiger partial charge in [-0.15, -0.1) is 0 Å². The first-order chi connectivity index (χ1) is 8.94. The Balaban J connectivity index is 2.11. The molecule has 1 heterocycles. The minimum atomic E-state index is -0.185. The first-order valence-corrected chi connectivity index (χ1v) is 6.44. The van der Waals surface area contributed by atoms with Gasteiger partial charge < -0.3 is 5.32 Å². The second-order valence-electron chi connectivity index (χ2n) is 5.73. The van der Waals surface area contributed by atoms with Crippen molar-refractivity contribution < 1.29 is 4.39 Å². The number of hydrogen-bond donors (Lipinski definition) is 1. The number of benzene rings is 1. The SMILES string of the molecule is CC(C)(C)NCc1ccc(F)c(Cn2cccn2)c1. The Labute approximate surface area is 113 Å². The van der Waals surface area contributed by atoms with E-state index in [9.17, 15) is 4.39 Å². The van der Waals surface area contributed by atoms with Gasteiger partial charge in [0.2, 0.25) is 0 Å². The summed E-state index contributed by atoms with van der Waals surface area (Å²) in [6, 6.07) is 7.08. The molecule has 0 radical (unpaired) electrons. The van der Waals surface area contributed by atoms with Crippen LogP contribution >= 0.6 is 0 Å². The molecular formula is C15H20FN3. The Hall–Kier alpha value is -1.68. The summed E-state index contributed by atoms with van der Waals surface area (Å²) in [4.78, 5) is 0. The smallest absolute Gasteiger partial charge is 0.128 e. The standard InChI is InChI=1S/C15H20FN3/c1-15(2,3)17-10-12-5-6-14(16)13(9-12)11-19-8-4-7-18-19/h4-9,17H,10-11H2,1-3H3. The highest BCUT2D eigenvalue weighted by Crippen LogP contribution is 2.13. The summed E-state index contributed by atoms with van der Waals surface area (Å²) in [5.41, 5.74) is 1.80. The molecule has 0 spiro atoms. The highest BCUT2D eigenvalue weighted by Gasteiger charge is 2.10. The van der Waals surface area contributed by atoms with Crippen molar-refractivity contribution in [2.24, 2.45) is 0 Å². The van der Waals surface area contributed by atoms with Crippen LogP contribution in [0.15, 0.2) is 36.7 Å². The number of nitrogens with zero attached hydrogens (tertiary/aromatic N) is 2. The molecule has 0 unspecified atom stereocenters. The molecule has 3 nitrogen and oxygen atoms in total. The van der Waals surface area contributed by atoms with Crippen LogP contribution in [-0.4, -0.2) is 15.3 Å². The normalized spacial score (nSPS) is 11.8. The molecular weight excluding hydrogens is 241 g/mol. The highest BCUT2D eigenvalue weighted by atomic mass is 19.1. The van der Waals surface area contributed by atoms with Gasteiger partial charge in [0.05, 0.1) is 6.54 Å². The maximum atomic E-state index is 13.8. The van der Waals surface area contributed by atoms with E-state index in [2.05, 4.69) is 31.2 Å². The molecule has 0 amide bonds. The summed E-state index contributed by atoms with van der Waals surface area (Å²) in [5.74, 6) is -0.185. The van der Waals surface area contributed by atoms with Gasteiger partial charge in [0.1, 0.15) is 5.82 Å². The second kappa shape index (κ2) is 5.53. The molecule has 0 bridgehead atoms. The van der Waals surface area contributed by atoms with Crippen LogP contribution in [0, 0.1) is 5.82 Å². The van der Waals surface area contributed by atoms with Crippen molar-refractivity contribution in [2.45, 2.75) is 39.4 Å². The summed E-state index contributed by atoms with van der Waals surface area (Å²) in [5, 5.41) is 7.50. The predicted molar refractivity (Wildman–Crippen MR) is 74.3 cm³/mol. The number of aromatic nitrogens is 2. The zero-order chi connectivity index (χ0) is 13.9. The van der Waals surface area contributed by atoms with E-state index >= 15 is 0 Å². The van der Waals surface area contributed by atoms with Gasteiger partial charge in [0.25, 0.3) is 0 Å². The molecule has 0 saturated heterocycles. The van der Waals surface area contributed by atoms with Crippen molar-refractivity contribution >= 4 is 0 Å².